The van der Waals surface area contributed by atoms with E-state index in [1.165, 1.54) is 4.90 Å². The third-order valence-electron chi connectivity index (χ3n) is 5.01. The standard InChI is InChI=1S/C19H24N2O5S/c1-21(15-9-10-27(24,25)13-15)18(22)12-26-19(23)8-4-5-14-11-20-17-7-3-2-6-16(14)17/h2-3,6-7,11,15,20H,4-5,8-10,12-13H2,1H3/t15-/m0/s1. The first-order chi connectivity index (χ1) is 12.9. The summed E-state index contributed by atoms with van der Waals surface area (Å²) in [5.41, 5.74) is 2.22. The highest BCUT2D eigenvalue weighted by atomic mass is 32.2. The Morgan fingerprint density at radius 3 is 2.81 bits per heavy atom. The predicted octanol–water partition coefficient (Wildman–Crippen LogP) is 1.68. The van der Waals surface area contributed by atoms with Crippen LogP contribution in [-0.4, -0.2) is 61.4 Å². The van der Waals surface area contributed by atoms with Crippen LogP contribution in [-0.2, 0) is 30.6 Å². The van der Waals surface area contributed by atoms with Crippen LogP contribution in [0.3, 0.4) is 0 Å². The van der Waals surface area contributed by atoms with Crippen LogP contribution in [0.4, 0.5) is 0 Å². The van der Waals surface area contributed by atoms with E-state index in [4.69, 9.17) is 4.74 Å². The van der Waals surface area contributed by atoms with Crippen LogP contribution in [0.2, 0.25) is 0 Å². The first kappa shape index (κ1) is 19.4. The molecule has 0 bridgehead atoms. The largest absolute Gasteiger partial charge is 0.456 e. The molecule has 0 saturated carbocycles. The maximum atomic E-state index is 12.1. The second-order valence-electron chi connectivity index (χ2n) is 6.94. The number of para-hydroxylation sites is 1. The highest BCUT2D eigenvalue weighted by molar-refractivity contribution is 7.91. The van der Waals surface area contributed by atoms with Crippen molar-refractivity contribution in [3.63, 3.8) is 0 Å². The van der Waals surface area contributed by atoms with Crippen molar-refractivity contribution in [1.82, 2.24) is 9.88 Å². The lowest BCUT2D eigenvalue weighted by Crippen LogP contribution is -2.40. The molecule has 27 heavy (non-hydrogen) atoms. The van der Waals surface area contributed by atoms with E-state index in [0.717, 1.165) is 22.9 Å². The molecule has 1 aromatic carbocycles. The van der Waals surface area contributed by atoms with Gasteiger partial charge in [0.1, 0.15) is 0 Å². The topological polar surface area (TPSA) is 96.5 Å². The SMILES string of the molecule is CN(C(=O)COC(=O)CCCc1c[nH]c2ccccc12)[C@H]1CCS(=O)(=O)C1. The number of carbonyl (C=O) groups excluding carboxylic acids is 2. The predicted molar refractivity (Wildman–Crippen MR) is 102 cm³/mol. The Hall–Kier alpha value is -2.35. The number of nitrogens with zero attached hydrogens (tertiary/aromatic N) is 1. The van der Waals surface area contributed by atoms with Crippen LogP contribution in [0.15, 0.2) is 30.5 Å². The fourth-order valence-corrected chi connectivity index (χ4v) is 5.14. The van der Waals surface area contributed by atoms with Gasteiger partial charge in [-0.1, -0.05) is 18.2 Å². The Balaban J connectivity index is 1.40. The minimum Gasteiger partial charge on any atom is -0.456 e. The van der Waals surface area contributed by atoms with Crippen molar-refractivity contribution in [1.29, 1.82) is 0 Å². The monoisotopic (exact) mass is 392 g/mol. The number of fused-ring (bicyclic) bond motifs is 1. The molecule has 8 heteroatoms. The summed E-state index contributed by atoms with van der Waals surface area (Å²) in [4.78, 5) is 28.6. The molecule has 3 rings (SSSR count). The minimum absolute atomic E-state index is 0.0200. The summed E-state index contributed by atoms with van der Waals surface area (Å²) in [5.74, 6) is -0.714. The summed E-state index contributed by atoms with van der Waals surface area (Å²) in [5, 5.41) is 1.15. The number of aromatic nitrogens is 1. The molecule has 2 aromatic rings. The minimum atomic E-state index is -3.06. The molecule has 0 spiro atoms. The van der Waals surface area contributed by atoms with Gasteiger partial charge < -0.3 is 14.6 Å². The average molecular weight is 392 g/mol. The molecule has 0 unspecified atom stereocenters. The second kappa shape index (κ2) is 8.12. The van der Waals surface area contributed by atoms with Crippen molar-refractivity contribution in [2.24, 2.45) is 0 Å². The molecule has 1 fully saturated rings. The Labute approximate surface area is 158 Å². The Morgan fingerprint density at radius 1 is 1.30 bits per heavy atom. The summed E-state index contributed by atoms with van der Waals surface area (Å²) in [6.45, 7) is -0.348. The number of hydrogen-bond acceptors (Lipinski definition) is 5. The van der Waals surface area contributed by atoms with Gasteiger partial charge in [0.05, 0.1) is 11.5 Å². The third-order valence-corrected chi connectivity index (χ3v) is 6.76. The van der Waals surface area contributed by atoms with Crippen LogP contribution < -0.4 is 0 Å². The van der Waals surface area contributed by atoms with Crippen LogP contribution >= 0.6 is 0 Å². The molecular weight excluding hydrogens is 368 g/mol. The van der Waals surface area contributed by atoms with Crippen molar-refractivity contribution in [2.45, 2.75) is 31.7 Å². The van der Waals surface area contributed by atoms with Crippen LogP contribution in [0.25, 0.3) is 10.9 Å². The second-order valence-corrected chi connectivity index (χ2v) is 9.16. The van der Waals surface area contributed by atoms with Crippen molar-refractivity contribution >= 4 is 32.6 Å². The summed E-state index contributed by atoms with van der Waals surface area (Å²) in [7, 11) is -1.50. The fourth-order valence-electron chi connectivity index (χ4n) is 3.36. The third kappa shape index (κ3) is 4.88. The van der Waals surface area contributed by atoms with Gasteiger partial charge in [-0.05, 0) is 30.9 Å². The Bertz CT molecular complexity index is 934. The first-order valence-electron chi connectivity index (χ1n) is 9.02. The van der Waals surface area contributed by atoms with E-state index in [1.54, 1.807) is 7.05 Å². The van der Waals surface area contributed by atoms with Crippen molar-refractivity contribution in [3.8, 4) is 0 Å². The highest BCUT2D eigenvalue weighted by Gasteiger charge is 2.32. The van der Waals surface area contributed by atoms with Gasteiger partial charge in [-0.15, -0.1) is 0 Å². The maximum Gasteiger partial charge on any atom is 0.306 e. The van der Waals surface area contributed by atoms with E-state index in [0.29, 0.717) is 12.8 Å². The fraction of sp³-hybridized carbons (Fsp3) is 0.474. The number of aromatic amines is 1. The van der Waals surface area contributed by atoms with Gasteiger partial charge in [0.2, 0.25) is 0 Å². The van der Waals surface area contributed by atoms with Gasteiger partial charge >= 0.3 is 5.97 Å². The number of H-pyrrole nitrogens is 1. The number of ether oxygens (including phenoxy) is 1. The number of likely N-dealkylation sites (N-methyl/N-ethyl adjacent to an activating group) is 1. The summed E-state index contributed by atoms with van der Waals surface area (Å²) < 4.78 is 28.1. The van der Waals surface area contributed by atoms with Gasteiger partial charge in [0.25, 0.3) is 5.91 Å². The molecule has 1 amide bonds. The van der Waals surface area contributed by atoms with Crippen molar-refractivity contribution < 1.29 is 22.7 Å². The maximum absolute atomic E-state index is 12.1. The average Bonchev–Trinajstić information content (AvgIpc) is 3.22. The van der Waals surface area contributed by atoms with Crippen molar-refractivity contribution in [3.05, 3.63) is 36.0 Å². The molecule has 146 valence electrons. The van der Waals surface area contributed by atoms with Gasteiger partial charge in [0.15, 0.2) is 16.4 Å². The molecule has 0 aliphatic carbocycles. The van der Waals surface area contributed by atoms with Gasteiger partial charge in [-0.2, -0.15) is 0 Å². The zero-order valence-electron chi connectivity index (χ0n) is 15.3. The molecule has 1 N–H and O–H groups in total. The molecule has 2 heterocycles. The van der Waals surface area contributed by atoms with E-state index in [1.807, 2.05) is 30.5 Å². The molecule has 1 saturated heterocycles. The number of aryl methyl sites for hydroxylation is 1. The van der Waals surface area contributed by atoms with Crippen LogP contribution in [0.1, 0.15) is 24.8 Å². The molecule has 1 aromatic heterocycles. The van der Waals surface area contributed by atoms with E-state index >= 15 is 0 Å². The smallest absolute Gasteiger partial charge is 0.306 e. The van der Waals surface area contributed by atoms with Crippen LogP contribution in [0, 0.1) is 0 Å². The van der Waals surface area contributed by atoms with Gasteiger partial charge in [-0.25, -0.2) is 8.42 Å². The molecule has 0 radical (unpaired) electrons. The Morgan fingerprint density at radius 2 is 2.07 bits per heavy atom. The molecule has 1 atom stereocenters. The summed E-state index contributed by atoms with van der Waals surface area (Å²) >= 11 is 0. The first-order valence-corrected chi connectivity index (χ1v) is 10.8. The molecular formula is C19H24N2O5S. The summed E-state index contributed by atoms with van der Waals surface area (Å²) in [6, 6.07) is 7.66. The number of hydrogen-bond donors (Lipinski definition) is 1. The summed E-state index contributed by atoms with van der Waals surface area (Å²) in [6.07, 6.45) is 3.99. The van der Waals surface area contributed by atoms with E-state index in [-0.39, 0.29) is 36.5 Å². The van der Waals surface area contributed by atoms with Gasteiger partial charge in [0, 0.05) is 36.6 Å². The quantitative estimate of drug-likeness (QED) is 0.723. The Kier molecular flexibility index (Phi) is 5.84. The lowest BCUT2D eigenvalue weighted by molar-refractivity contribution is -0.152. The molecule has 1 aliphatic heterocycles. The number of esters is 1. The lowest BCUT2D eigenvalue weighted by atomic mass is 10.1. The number of amides is 1. The van der Waals surface area contributed by atoms with E-state index in [9.17, 15) is 18.0 Å². The normalized spacial score (nSPS) is 18.5. The zero-order valence-corrected chi connectivity index (χ0v) is 16.1. The number of nitrogens with one attached hydrogen (secondary N) is 1. The lowest BCUT2D eigenvalue weighted by Gasteiger charge is -2.23. The highest BCUT2D eigenvalue weighted by Crippen LogP contribution is 2.20. The number of carbonyl (C=O) groups is 2. The van der Waals surface area contributed by atoms with E-state index in [2.05, 4.69) is 4.98 Å². The molecule has 1 aliphatic rings. The number of benzene rings is 1. The van der Waals surface area contributed by atoms with Crippen LogP contribution in [0.5, 0.6) is 0 Å². The van der Waals surface area contributed by atoms with Gasteiger partial charge in [-0.3, -0.25) is 9.59 Å². The molecule has 7 nitrogen and oxygen atoms in total. The number of rotatable bonds is 7. The van der Waals surface area contributed by atoms with Crippen molar-refractivity contribution in [2.75, 3.05) is 25.2 Å². The number of sulfone groups is 1. The zero-order chi connectivity index (χ0) is 19.4. The van der Waals surface area contributed by atoms with E-state index < -0.39 is 15.8 Å².